The van der Waals surface area contributed by atoms with Gasteiger partial charge in [0.15, 0.2) is 0 Å². The van der Waals surface area contributed by atoms with E-state index in [1.807, 2.05) is 38.1 Å². The van der Waals surface area contributed by atoms with Crippen LogP contribution in [0.4, 0.5) is 0 Å². The van der Waals surface area contributed by atoms with Crippen molar-refractivity contribution in [3.63, 3.8) is 0 Å². The first kappa shape index (κ1) is 17.2. The third kappa shape index (κ3) is 2.40. The quantitative estimate of drug-likeness (QED) is 0.771. The first-order chi connectivity index (χ1) is 12.3. The number of fused-ring (bicyclic) bond motifs is 2. The molecule has 1 aliphatic rings. The zero-order valence-electron chi connectivity index (χ0n) is 15.2. The molecule has 3 aromatic rings. The van der Waals surface area contributed by atoms with Crippen molar-refractivity contribution in [1.29, 1.82) is 0 Å². The number of aliphatic hydroxyl groups is 1. The van der Waals surface area contributed by atoms with Crippen molar-refractivity contribution >= 4 is 21.6 Å². The summed E-state index contributed by atoms with van der Waals surface area (Å²) in [6.07, 6.45) is 1.39. The topological polar surface area (TPSA) is 64.2 Å². The molecule has 2 heterocycles. The fraction of sp³-hybridized carbons (Fsp3) is 0.400. The van der Waals surface area contributed by atoms with E-state index in [1.54, 1.807) is 10.6 Å². The zero-order chi connectivity index (χ0) is 18.6. The maximum Gasteiger partial charge on any atom is 0.331 e. The Morgan fingerprint density at radius 1 is 1.27 bits per heavy atom. The third-order valence-electron chi connectivity index (χ3n) is 5.18. The summed E-state index contributed by atoms with van der Waals surface area (Å²) in [6, 6.07) is 9.67. The molecule has 0 spiro atoms. The lowest BCUT2D eigenvalue weighted by atomic mass is 9.94. The largest absolute Gasteiger partial charge is 0.380 e. The van der Waals surface area contributed by atoms with Crippen LogP contribution in [0, 0.1) is 5.92 Å². The molecule has 0 radical (unpaired) electrons. The fourth-order valence-corrected chi connectivity index (χ4v) is 5.13. The average Bonchev–Trinajstić information content (AvgIpc) is 3.20. The maximum absolute atomic E-state index is 12.6. The van der Waals surface area contributed by atoms with Gasteiger partial charge in [0, 0.05) is 18.5 Å². The van der Waals surface area contributed by atoms with Gasteiger partial charge in [-0.25, -0.2) is 4.79 Å². The molecule has 1 aromatic carbocycles. The van der Waals surface area contributed by atoms with Gasteiger partial charge >= 0.3 is 5.69 Å². The Hall–Kier alpha value is -2.18. The molecule has 0 fully saturated rings. The van der Waals surface area contributed by atoms with Crippen molar-refractivity contribution in [3.05, 3.63) is 67.2 Å². The van der Waals surface area contributed by atoms with Crippen molar-refractivity contribution < 1.29 is 5.11 Å². The second-order valence-electron chi connectivity index (χ2n) is 7.50. The van der Waals surface area contributed by atoms with E-state index in [9.17, 15) is 14.7 Å². The van der Waals surface area contributed by atoms with Crippen LogP contribution in [0.15, 0.2) is 39.9 Å². The minimum atomic E-state index is -1.09. The Morgan fingerprint density at radius 2 is 2.00 bits per heavy atom. The summed E-state index contributed by atoms with van der Waals surface area (Å²) in [7, 11) is 1.51. The van der Waals surface area contributed by atoms with E-state index in [0.29, 0.717) is 23.2 Å². The summed E-state index contributed by atoms with van der Waals surface area (Å²) in [5.41, 5.74) is 0.344. The number of hydrogen-bond donors (Lipinski definition) is 1. The molecule has 0 aliphatic heterocycles. The summed E-state index contributed by atoms with van der Waals surface area (Å²) in [4.78, 5) is 26.6. The van der Waals surface area contributed by atoms with Crippen molar-refractivity contribution in [2.45, 2.75) is 38.8 Å². The number of aryl methyl sites for hydroxylation is 1. The molecule has 1 aliphatic carbocycles. The van der Waals surface area contributed by atoms with E-state index >= 15 is 0 Å². The van der Waals surface area contributed by atoms with Crippen LogP contribution >= 0.6 is 11.3 Å². The maximum atomic E-state index is 12.6. The minimum Gasteiger partial charge on any atom is -0.380 e. The fourth-order valence-electron chi connectivity index (χ4n) is 3.85. The van der Waals surface area contributed by atoms with Crippen molar-refractivity contribution in [1.82, 2.24) is 9.13 Å². The molecule has 6 heteroatoms. The number of hydrogen-bond acceptors (Lipinski definition) is 4. The lowest BCUT2D eigenvalue weighted by Gasteiger charge is -2.22. The summed E-state index contributed by atoms with van der Waals surface area (Å²) in [5, 5.41) is 11.9. The Kier molecular flexibility index (Phi) is 3.93. The summed E-state index contributed by atoms with van der Waals surface area (Å²) < 4.78 is 2.83. The Labute approximate surface area is 155 Å². The van der Waals surface area contributed by atoms with Crippen molar-refractivity contribution in [3.8, 4) is 0 Å². The number of nitrogens with zero attached hydrogens (tertiary/aromatic N) is 2. The van der Waals surface area contributed by atoms with Gasteiger partial charge in [0.1, 0.15) is 10.4 Å². The monoisotopic (exact) mass is 370 g/mol. The first-order valence-corrected chi connectivity index (χ1v) is 9.69. The molecule has 1 N–H and O–H groups in total. The van der Waals surface area contributed by atoms with Crippen LogP contribution in [0.2, 0.25) is 0 Å². The molecule has 2 aromatic heterocycles. The summed E-state index contributed by atoms with van der Waals surface area (Å²) in [6.45, 7) is 4.62. The van der Waals surface area contributed by atoms with Gasteiger partial charge in [-0.15, -0.1) is 11.3 Å². The number of benzene rings is 1. The standard InChI is InChI=1S/C20H22N2O3S/c1-12(2)11-22-18-14(17(23)21(3)19(22)24)10-16(26-18)20(25)9-8-13-6-4-5-7-15(13)20/h4-7,10,12,25H,8-9,11H2,1-3H3. The van der Waals surface area contributed by atoms with Crippen LogP contribution < -0.4 is 11.2 Å². The molecule has 5 nitrogen and oxygen atoms in total. The van der Waals surface area contributed by atoms with Gasteiger partial charge in [-0.2, -0.15) is 0 Å². The molecule has 1 atom stereocenters. The van der Waals surface area contributed by atoms with E-state index in [-0.39, 0.29) is 17.2 Å². The predicted molar refractivity (Wildman–Crippen MR) is 104 cm³/mol. The Bertz CT molecular complexity index is 1120. The molecule has 0 saturated heterocycles. The van der Waals surface area contributed by atoms with E-state index in [0.717, 1.165) is 27.0 Å². The summed E-state index contributed by atoms with van der Waals surface area (Å²) >= 11 is 1.36. The second kappa shape index (κ2) is 5.93. The van der Waals surface area contributed by atoms with Crippen LogP contribution in [0.3, 0.4) is 0 Å². The lowest BCUT2D eigenvalue weighted by Crippen LogP contribution is -2.38. The van der Waals surface area contributed by atoms with Crippen LogP contribution in [0.25, 0.3) is 10.2 Å². The van der Waals surface area contributed by atoms with Crippen LogP contribution in [0.5, 0.6) is 0 Å². The third-order valence-corrected chi connectivity index (χ3v) is 6.49. The van der Waals surface area contributed by atoms with Gasteiger partial charge in [-0.05, 0) is 36.0 Å². The zero-order valence-corrected chi connectivity index (χ0v) is 16.0. The molecule has 26 heavy (non-hydrogen) atoms. The van der Waals surface area contributed by atoms with E-state index in [2.05, 4.69) is 0 Å². The van der Waals surface area contributed by atoms with Gasteiger partial charge in [-0.1, -0.05) is 38.1 Å². The predicted octanol–water partition coefficient (Wildman–Crippen LogP) is 2.60. The van der Waals surface area contributed by atoms with Gasteiger partial charge < -0.3 is 5.11 Å². The Morgan fingerprint density at radius 3 is 2.73 bits per heavy atom. The molecule has 1 unspecified atom stereocenters. The molecule has 0 saturated carbocycles. The normalized spacial score (nSPS) is 19.4. The van der Waals surface area contributed by atoms with Gasteiger partial charge in [-0.3, -0.25) is 13.9 Å². The van der Waals surface area contributed by atoms with Crippen molar-refractivity contribution in [2.75, 3.05) is 0 Å². The van der Waals surface area contributed by atoms with E-state index in [1.165, 1.54) is 18.4 Å². The highest BCUT2D eigenvalue weighted by Crippen LogP contribution is 2.45. The summed E-state index contributed by atoms with van der Waals surface area (Å²) in [5.74, 6) is 0.272. The molecule has 4 rings (SSSR count). The van der Waals surface area contributed by atoms with Gasteiger partial charge in [0.25, 0.3) is 5.56 Å². The van der Waals surface area contributed by atoms with Crippen LogP contribution in [-0.4, -0.2) is 14.2 Å². The van der Waals surface area contributed by atoms with Gasteiger partial charge in [0.2, 0.25) is 0 Å². The first-order valence-electron chi connectivity index (χ1n) is 8.87. The highest BCUT2D eigenvalue weighted by Gasteiger charge is 2.40. The van der Waals surface area contributed by atoms with Crippen LogP contribution in [0.1, 0.15) is 36.3 Å². The van der Waals surface area contributed by atoms with Crippen LogP contribution in [-0.2, 0) is 25.6 Å². The smallest absolute Gasteiger partial charge is 0.331 e. The molecule has 0 amide bonds. The lowest BCUT2D eigenvalue weighted by molar-refractivity contribution is 0.0869. The minimum absolute atomic E-state index is 0.272. The molecular weight excluding hydrogens is 348 g/mol. The number of aromatic nitrogens is 2. The number of thiophene rings is 1. The molecular formula is C20H22N2O3S. The van der Waals surface area contributed by atoms with Crippen molar-refractivity contribution in [2.24, 2.45) is 13.0 Å². The Balaban J connectivity index is 1.99. The number of rotatable bonds is 3. The van der Waals surface area contributed by atoms with Gasteiger partial charge in [0.05, 0.1) is 5.39 Å². The van der Waals surface area contributed by atoms with E-state index in [4.69, 9.17) is 0 Å². The molecule has 136 valence electrons. The van der Waals surface area contributed by atoms with E-state index < -0.39 is 5.60 Å². The molecule has 0 bridgehead atoms. The SMILES string of the molecule is CC(C)Cn1c(=O)n(C)c(=O)c2cc(C3(O)CCc4ccccc43)sc21. The highest BCUT2D eigenvalue weighted by molar-refractivity contribution is 7.18. The average molecular weight is 370 g/mol. The highest BCUT2D eigenvalue weighted by atomic mass is 32.1. The second-order valence-corrected chi connectivity index (χ2v) is 8.53.